The number of hydrogen-bond donors (Lipinski definition) is 0. The van der Waals surface area contributed by atoms with E-state index in [-0.39, 0.29) is 25.6 Å². The van der Waals surface area contributed by atoms with Crippen molar-refractivity contribution in [2.24, 2.45) is 5.92 Å². The quantitative estimate of drug-likeness (QED) is 0.166. The molecule has 0 N–H and O–H groups in total. The molecule has 1 radical (unpaired) electrons. The molecule has 3 aromatic heterocycles. The molecule has 4 nitrogen and oxygen atoms in total. The van der Waals surface area contributed by atoms with Crippen molar-refractivity contribution in [2.45, 2.75) is 64.8 Å². The third-order valence-corrected chi connectivity index (χ3v) is 9.85. The van der Waals surface area contributed by atoms with Gasteiger partial charge in [-0.15, -0.1) is 54.1 Å². The molecule has 4 aromatic carbocycles. The van der Waals surface area contributed by atoms with Gasteiger partial charge in [0.25, 0.3) is 0 Å². The molecular formula is C43H39IrN3O-2. The van der Waals surface area contributed by atoms with Gasteiger partial charge in [0.2, 0.25) is 0 Å². The molecular weight excluding hydrogens is 767 g/mol. The molecule has 243 valence electrons. The van der Waals surface area contributed by atoms with Crippen LogP contribution in [0.3, 0.4) is 0 Å². The van der Waals surface area contributed by atoms with E-state index in [4.69, 9.17) is 9.40 Å². The average Bonchev–Trinajstić information content (AvgIpc) is 3.86. The summed E-state index contributed by atoms with van der Waals surface area (Å²) in [6, 6.07) is 37.8. The van der Waals surface area contributed by atoms with E-state index in [1.54, 1.807) is 0 Å². The number of nitrogens with zero attached hydrogens (tertiary/aromatic N) is 3. The SMILES string of the molecule is CC(C)C1=CC(C)(C)n2c(-c3[c-]cccc3)nc3cccc1c32.[Ir].[c-]1ccc2c(oc3ccccc32)c1-c1cc(C2CCCC2)ccn1. The minimum atomic E-state index is -0.109. The number of para-hydroxylation sites is 2. The van der Waals surface area contributed by atoms with Crippen LogP contribution < -0.4 is 0 Å². The summed E-state index contributed by atoms with van der Waals surface area (Å²) in [7, 11) is 0. The Labute approximate surface area is 296 Å². The molecule has 0 atom stereocenters. The van der Waals surface area contributed by atoms with Crippen LogP contribution in [0, 0.1) is 18.1 Å². The number of benzene rings is 4. The second-order valence-electron chi connectivity index (χ2n) is 13.8. The number of aromatic nitrogens is 3. The number of rotatable bonds is 4. The number of imidazole rings is 1. The van der Waals surface area contributed by atoms with Crippen LogP contribution in [0.5, 0.6) is 0 Å². The first kappa shape index (κ1) is 32.2. The molecule has 1 aliphatic heterocycles. The largest absolute Gasteiger partial charge is 0.501 e. The van der Waals surface area contributed by atoms with Gasteiger partial charge in [-0.3, -0.25) is 4.98 Å². The summed E-state index contributed by atoms with van der Waals surface area (Å²) >= 11 is 0. The van der Waals surface area contributed by atoms with Gasteiger partial charge in [-0.1, -0.05) is 85.7 Å². The van der Waals surface area contributed by atoms with Crippen molar-refractivity contribution in [3.63, 3.8) is 0 Å². The first-order valence-electron chi connectivity index (χ1n) is 16.9. The number of furan rings is 1. The average molecular weight is 806 g/mol. The first-order valence-corrected chi connectivity index (χ1v) is 16.9. The minimum Gasteiger partial charge on any atom is -0.501 e. The first-order chi connectivity index (χ1) is 22.9. The van der Waals surface area contributed by atoms with Crippen LogP contribution >= 0.6 is 0 Å². The fourth-order valence-electron chi connectivity index (χ4n) is 7.61. The zero-order valence-electron chi connectivity index (χ0n) is 27.9. The van der Waals surface area contributed by atoms with Crippen molar-refractivity contribution < 1.29 is 24.5 Å². The van der Waals surface area contributed by atoms with Crippen molar-refractivity contribution in [3.8, 4) is 22.6 Å². The molecule has 1 saturated carbocycles. The molecule has 48 heavy (non-hydrogen) atoms. The monoisotopic (exact) mass is 806 g/mol. The molecule has 0 spiro atoms. The molecule has 5 heteroatoms. The summed E-state index contributed by atoms with van der Waals surface area (Å²) in [4.78, 5) is 9.55. The summed E-state index contributed by atoms with van der Waals surface area (Å²) < 4.78 is 8.50. The molecule has 1 aliphatic carbocycles. The Morgan fingerprint density at radius 2 is 1.69 bits per heavy atom. The molecule has 0 saturated heterocycles. The van der Waals surface area contributed by atoms with Gasteiger partial charge in [0.1, 0.15) is 5.58 Å². The Kier molecular flexibility index (Phi) is 8.70. The zero-order valence-corrected chi connectivity index (χ0v) is 30.3. The zero-order chi connectivity index (χ0) is 32.1. The molecule has 7 aromatic rings. The second-order valence-corrected chi connectivity index (χ2v) is 13.8. The number of pyridine rings is 1. The molecule has 9 rings (SSSR count). The standard InChI is InChI=1S/C22H18NO.C21H21N2.Ir/c1-2-7-15(6-1)16-12-13-23-20(14-16)19-10-5-9-18-17-8-3-4-11-21(17)24-22(18)19;1-14(2)17-13-21(3,4)23-19-16(17)11-8-12-18(19)22-20(23)15-9-6-5-7-10-15;/h3-5,8-9,11-15H,1-2,6-7H2;5-9,11-14H,1-4H3;/q2*-1;. The van der Waals surface area contributed by atoms with Gasteiger partial charge in [-0.05, 0) is 68.0 Å². The van der Waals surface area contributed by atoms with Gasteiger partial charge in [0.15, 0.2) is 0 Å². The van der Waals surface area contributed by atoms with Gasteiger partial charge in [0.05, 0.1) is 28.0 Å². The smallest absolute Gasteiger partial charge is 0.120 e. The van der Waals surface area contributed by atoms with Crippen LogP contribution in [-0.2, 0) is 25.6 Å². The summed E-state index contributed by atoms with van der Waals surface area (Å²) in [5.74, 6) is 2.17. The normalized spacial score (nSPS) is 15.4. The Hall–Kier alpha value is -4.31. The molecule has 0 bridgehead atoms. The number of allylic oxidation sites excluding steroid dienone is 2. The van der Waals surface area contributed by atoms with E-state index >= 15 is 0 Å². The third-order valence-electron chi connectivity index (χ3n) is 9.85. The van der Waals surface area contributed by atoms with Crippen LogP contribution in [-0.4, -0.2) is 14.5 Å². The van der Waals surface area contributed by atoms with Crippen molar-refractivity contribution in [1.29, 1.82) is 0 Å². The van der Waals surface area contributed by atoms with Crippen LogP contribution in [0.25, 0.3) is 61.2 Å². The Bertz CT molecular complexity index is 2270. The van der Waals surface area contributed by atoms with Gasteiger partial charge in [0, 0.05) is 37.3 Å². The maximum absolute atomic E-state index is 6.13. The van der Waals surface area contributed by atoms with E-state index in [1.807, 2.05) is 48.7 Å². The second kappa shape index (κ2) is 13.0. The van der Waals surface area contributed by atoms with Gasteiger partial charge in [-0.2, -0.15) is 0 Å². The van der Waals surface area contributed by atoms with Crippen LogP contribution in [0.15, 0.2) is 108 Å². The fraction of sp³-hybridized carbons (Fsp3) is 0.256. The topological polar surface area (TPSA) is 43.9 Å². The van der Waals surface area contributed by atoms with Gasteiger partial charge in [-0.25, -0.2) is 0 Å². The van der Waals surface area contributed by atoms with E-state index in [1.165, 1.54) is 47.9 Å². The molecule has 0 unspecified atom stereocenters. The predicted octanol–water partition coefficient (Wildman–Crippen LogP) is 11.4. The third kappa shape index (κ3) is 5.63. The Morgan fingerprint density at radius 3 is 2.48 bits per heavy atom. The summed E-state index contributed by atoms with van der Waals surface area (Å²) in [6.45, 7) is 9.05. The molecule has 4 heterocycles. The van der Waals surface area contributed by atoms with E-state index in [0.29, 0.717) is 11.8 Å². The number of fused-ring (bicyclic) bond motifs is 3. The summed E-state index contributed by atoms with van der Waals surface area (Å²) in [5.41, 5.74) is 11.1. The number of hydrogen-bond acceptors (Lipinski definition) is 3. The van der Waals surface area contributed by atoms with Crippen LogP contribution in [0.2, 0.25) is 0 Å². The van der Waals surface area contributed by atoms with E-state index in [2.05, 4.69) is 104 Å². The van der Waals surface area contributed by atoms with E-state index < -0.39 is 0 Å². The van der Waals surface area contributed by atoms with Crippen LogP contribution in [0.1, 0.15) is 70.4 Å². The Morgan fingerprint density at radius 1 is 0.875 bits per heavy atom. The summed E-state index contributed by atoms with van der Waals surface area (Å²) in [5, 5.41) is 2.28. The van der Waals surface area contributed by atoms with Gasteiger partial charge >= 0.3 is 0 Å². The maximum Gasteiger partial charge on any atom is 0.120 e. The maximum atomic E-state index is 6.13. The minimum absolute atomic E-state index is 0. The molecule has 0 amide bonds. The van der Waals surface area contributed by atoms with Crippen molar-refractivity contribution >= 4 is 38.5 Å². The van der Waals surface area contributed by atoms with Crippen molar-refractivity contribution in [2.75, 3.05) is 0 Å². The predicted molar refractivity (Wildman–Crippen MR) is 193 cm³/mol. The summed E-state index contributed by atoms with van der Waals surface area (Å²) in [6.07, 6.45) is 9.59. The van der Waals surface area contributed by atoms with Crippen LogP contribution in [0.4, 0.5) is 0 Å². The van der Waals surface area contributed by atoms with Gasteiger partial charge < -0.3 is 14.0 Å². The van der Waals surface area contributed by atoms with E-state index in [0.717, 1.165) is 50.1 Å². The van der Waals surface area contributed by atoms with Crippen molar-refractivity contribution in [3.05, 3.63) is 127 Å². The molecule has 2 aliphatic rings. The molecule has 1 fully saturated rings. The Balaban J connectivity index is 0.000000149. The van der Waals surface area contributed by atoms with Crippen molar-refractivity contribution in [1.82, 2.24) is 14.5 Å². The van der Waals surface area contributed by atoms with E-state index in [9.17, 15) is 0 Å². The fourth-order valence-corrected chi connectivity index (χ4v) is 7.61.